The molecule has 0 saturated carbocycles. The molecule has 0 aromatic carbocycles. The number of likely N-dealkylation sites (tertiary alicyclic amines) is 1. The van der Waals surface area contributed by atoms with Crippen LogP contribution in [0.1, 0.15) is 26.7 Å². The monoisotopic (exact) mass is 538 g/mol. The van der Waals surface area contributed by atoms with E-state index in [-0.39, 0.29) is 58.8 Å². The number of rotatable bonds is 7. The summed E-state index contributed by atoms with van der Waals surface area (Å²) in [4.78, 5) is 54.7. The van der Waals surface area contributed by atoms with Gasteiger partial charge in [0.05, 0.1) is 24.0 Å². The van der Waals surface area contributed by atoms with Crippen LogP contribution >= 0.6 is 23.5 Å². The van der Waals surface area contributed by atoms with Gasteiger partial charge in [0.15, 0.2) is 0 Å². The smallest absolute Gasteiger partial charge is 0.353 e. The van der Waals surface area contributed by atoms with Crippen molar-refractivity contribution in [2.45, 2.75) is 62.1 Å². The minimum absolute atomic E-state index is 0.0253. The summed E-state index contributed by atoms with van der Waals surface area (Å²) in [6.07, 6.45) is 1.41. The van der Waals surface area contributed by atoms with Crippen molar-refractivity contribution in [3.63, 3.8) is 0 Å². The van der Waals surface area contributed by atoms with Crippen LogP contribution < -0.4 is 21.7 Å². The van der Waals surface area contributed by atoms with Crippen LogP contribution in [0.2, 0.25) is 0 Å². The number of hydrogen-bond acceptors (Lipinski definition) is 9. The van der Waals surface area contributed by atoms with Gasteiger partial charge in [0.1, 0.15) is 5.70 Å². The average molecular weight is 539 g/mol. The first kappa shape index (κ1) is 25.8. The summed E-state index contributed by atoms with van der Waals surface area (Å²) in [5.74, 6) is -0.679. The van der Waals surface area contributed by atoms with Gasteiger partial charge < -0.3 is 31.3 Å². The molecule has 8 atom stereocenters. The number of carbonyl (C=O) groups is 4. The Bertz CT molecular complexity index is 988. The Hall–Kier alpha value is -1.80. The van der Waals surface area contributed by atoms with Gasteiger partial charge in [-0.1, -0.05) is 6.92 Å². The number of nitrogens with zero attached hydrogens (tertiary/aromatic N) is 2. The van der Waals surface area contributed by atoms with Crippen molar-refractivity contribution >= 4 is 47.2 Å². The zero-order valence-electron chi connectivity index (χ0n) is 20.4. The zero-order chi connectivity index (χ0) is 25.7. The van der Waals surface area contributed by atoms with Gasteiger partial charge in [0.25, 0.3) is 0 Å². The van der Waals surface area contributed by atoms with Gasteiger partial charge in [0.2, 0.25) is 17.7 Å². The Morgan fingerprint density at radius 1 is 1.28 bits per heavy atom. The summed E-state index contributed by atoms with van der Waals surface area (Å²) in [7, 11) is 0. The first-order valence-electron chi connectivity index (χ1n) is 12.5. The molecular weight excluding hydrogens is 504 g/mol. The Morgan fingerprint density at radius 2 is 2.06 bits per heavy atom. The summed E-state index contributed by atoms with van der Waals surface area (Å²) in [6.45, 7) is 5.61. The molecule has 1 unspecified atom stereocenters. The van der Waals surface area contributed by atoms with Crippen molar-refractivity contribution in [2.24, 2.45) is 17.6 Å². The highest BCUT2D eigenvalue weighted by molar-refractivity contribution is 8.03. The lowest BCUT2D eigenvalue weighted by Crippen LogP contribution is -2.66. The molecule has 0 spiro atoms. The van der Waals surface area contributed by atoms with Crippen LogP contribution in [-0.4, -0.2) is 105 Å². The number of carboxylic acid groups (broad SMARTS) is 1. The number of fused-ring (bicyclic) bond motifs is 1. The predicted octanol–water partition coefficient (Wildman–Crippen LogP) is -1.05. The second-order valence-corrected chi connectivity index (χ2v) is 12.7. The van der Waals surface area contributed by atoms with Crippen LogP contribution in [0, 0.1) is 11.8 Å². The first-order valence-corrected chi connectivity index (χ1v) is 14.6. The number of hydrogen-bond donors (Lipinski definition) is 5. The van der Waals surface area contributed by atoms with Gasteiger partial charge in [-0.05, 0) is 19.8 Å². The number of β-lactam (4-membered cyclic amide) rings is 1. The number of nitrogens with one attached hydrogen (secondary N) is 3. The standard InChI is InChI=1S/C23H34N6O5S2/c1-10-17-16(11(2)27-20(30)15-8-35-9-26-15)22(32)29(17)18(23(33)34)19(10)36-13-5-14(25-6-13)21(31)28-4-3-12(24)7-28/h10-17,25-26H,3-9,24H2,1-2H3,(H,27,30)(H,33,34)/t10-,11-,12+,13+,14?,15+,16-,17-/m1/s1. The molecule has 0 aromatic rings. The van der Waals surface area contributed by atoms with E-state index in [4.69, 9.17) is 5.73 Å². The van der Waals surface area contributed by atoms with E-state index in [1.54, 1.807) is 16.7 Å². The van der Waals surface area contributed by atoms with Crippen LogP contribution in [0.5, 0.6) is 0 Å². The lowest BCUT2D eigenvalue weighted by atomic mass is 9.78. The lowest BCUT2D eigenvalue weighted by Gasteiger charge is -2.47. The van der Waals surface area contributed by atoms with E-state index in [1.165, 1.54) is 16.7 Å². The van der Waals surface area contributed by atoms with E-state index in [1.807, 2.05) is 13.8 Å². The minimum Gasteiger partial charge on any atom is -0.477 e. The highest BCUT2D eigenvalue weighted by Crippen LogP contribution is 2.51. The molecular formula is C23H34N6O5S2. The van der Waals surface area contributed by atoms with E-state index in [0.29, 0.717) is 36.7 Å². The van der Waals surface area contributed by atoms with Crippen LogP contribution in [0.15, 0.2) is 10.6 Å². The number of amides is 3. The second-order valence-electron chi connectivity index (χ2n) is 10.4. The molecule has 198 valence electrons. The van der Waals surface area contributed by atoms with E-state index in [9.17, 15) is 24.3 Å². The normalized spacial score (nSPS) is 36.8. The summed E-state index contributed by atoms with van der Waals surface area (Å²) < 4.78 is 0. The maximum Gasteiger partial charge on any atom is 0.353 e. The Kier molecular flexibility index (Phi) is 7.29. The number of aliphatic carboxylic acids is 1. The summed E-state index contributed by atoms with van der Waals surface area (Å²) in [6, 6.07) is -1.25. The molecule has 0 aromatic heterocycles. The average Bonchev–Trinajstić information content (AvgIpc) is 3.62. The van der Waals surface area contributed by atoms with Crippen LogP contribution in [0.3, 0.4) is 0 Å². The number of carboxylic acids is 1. The molecule has 11 nitrogen and oxygen atoms in total. The van der Waals surface area contributed by atoms with Crippen molar-refractivity contribution in [1.82, 2.24) is 25.8 Å². The third-order valence-electron chi connectivity index (χ3n) is 7.95. The second kappa shape index (κ2) is 10.2. The molecule has 5 aliphatic rings. The van der Waals surface area contributed by atoms with E-state index < -0.39 is 17.9 Å². The van der Waals surface area contributed by atoms with Crippen LogP contribution in [0.25, 0.3) is 0 Å². The Labute approximate surface area is 218 Å². The number of carbonyl (C=O) groups excluding carboxylic acids is 3. The third-order valence-corrected chi connectivity index (χ3v) is 10.4. The molecule has 5 heterocycles. The zero-order valence-corrected chi connectivity index (χ0v) is 22.1. The number of thioether (sulfide) groups is 2. The SMILES string of the molecule is C[C@@H](NC(=O)[C@@H]1CSCN1)[C@H]1C(=O)N2C(C(=O)O)=C(S[C@@H]3CNC(C(=O)N4CC[C@H](N)C4)C3)[C@H](C)[C@H]12. The van der Waals surface area contributed by atoms with Crippen LogP contribution in [-0.2, 0) is 19.2 Å². The van der Waals surface area contributed by atoms with Gasteiger partial charge in [0, 0.05) is 59.4 Å². The fraction of sp³-hybridized carbons (Fsp3) is 0.739. The van der Waals surface area contributed by atoms with Crippen molar-refractivity contribution in [2.75, 3.05) is 31.3 Å². The fourth-order valence-corrected chi connectivity index (χ4v) is 8.46. The van der Waals surface area contributed by atoms with E-state index in [2.05, 4.69) is 16.0 Å². The van der Waals surface area contributed by atoms with Crippen molar-refractivity contribution in [1.29, 1.82) is 0 Å². The molecule has 5 aliphatic heterocycles. The lowest BCUT2D eigenvalue weighted by molar-refractivity contribution is -0.158. The maximum absolute atomic E-state index is 13.1. The van der Waals surface area contributed by atoms with Gasteiger partial charge in [-0.3, -0.25) is 19.7 Å². The molecule has 5 rings (SSSR count). The first-order chi connectivity index (χ1) is 17.2. The predicted molar refractivity (Wildman–Crippen MR) is 137 cm³/mol. The molecule has 0 radical (unpaired) electrons. The highest BCUT2D eigenvalue weighted by Gasteiger charge is 2.60. The summed E-state index contributed by atoms with van der Waals surface area (Å²) >= 11 is 3.12. The highest BCUT2D eigenvalue weighted by atomic mass is 32.2. The maximum atomic E-state index is 13.1. The minimum atomic E-state index is -1.12. The van der Waals surface area contributed by atoms with Crippen molar-refractivity contribution in [3.8, 4) is 0 Å². The largest absolute Gasteiger partial charge is 0.477 e. The Morgan fingerprint density at radius 3 is 2.69 bits per heavy atom. The Balaban J connectivity index is 1.24. The molecule has 0 bridgehead atoms. The van der Waals surface area contributed by atoms with Crippen molar-refractivity contribution < 1.29 is 24.3 Å². The molecule has 36 heavy (non-hydrogen) atoms. The molecule has 0 aliphatic carbocycles. The van der Waals surface area contributed by atoms with Crippen molar-refractivity contribution in [3.05, 3.63) is 10.6 Å². The van der Waals surface area contributed by atoms with E-state index in [0.717, 1.165) is 12.3 Å². The van der Waals surface area contributed by atoms with Gasteiger partial charge >= 0.3 is 5.97 Å². The van der Waals surface area contributed by atoms with Gasteiger partial charge in [-0.2, -0.15) is 0 Å². The topological polar surface area (TPSA) is 157 Å². The molecule has 4 fully saturated rings. The molecule has 6 N–H and O–H groups in total. The number of nitrogens with two attached hydrogens (primary N) is 1. The van der Waals surface area contributed by atoms with E-state index >= 15 is 0 Å². The quantitative estimate of drug-likeness (QED) is 0.253. The summed E-state index contributed by atoms with van der Waals surface area (Å²) in [5.41, 5.74) is 6.00. The molecule has 4 saturated heterocycles. The molecule has 3 amide bonds. The molecule has 13 heteroatoms. The van der Waals surface area contributed by atoms with Gasteiger partial charge in [-0.25, -0.2) is 4.79 Å². The third kappa shape index (κ3) is 4.53. The fourth-order valence-electron chi connectivity index (χ4n) is 6.04. The van der Waals surface area contributed by atoms with Crippen LogP contribution in [0.4, 0.5) is 0 Å². The summed E-state index contributed by atoms with van der Waals surface area (Å²) in [5, 5.41) is 19.4. The van der Waals surface area contributed by atoms with Gasteiger partial charge in [-0.15, -0.1) is 23.5 Å².